The molecule has 0 radical (unpaired) electrons. The minimum absolute atomic E-state index is 0.249. The molecule has 4 aromatic rings. The molecule has 28 heavy (non-hydrogen) atoms. The van der Waals surface area contributed by atoms with Gasteiger partial charge in [-0.05, 0) is 48.2 Å². The van der Waals surface area contributed by atoms with Crippen molar-refractivity contribution in [3.8, 4) is 11.1 Å². The number of carbonyl (C=O) groups is 1. The molecule has 5 rings (SSSR count). The van der Waals surface area contributed by atoms with Gasteiger partial charge in [0.15, 0.2) is 10.9 Å². The first-order valence-electron chi connectivity index (χ1n) is 9.63. The number of rotatable bonds is 5. The van der Waals surface area contributed by atoms with Crippen LogP contribution in [0.3, 0.4) is 0 Å². The molecule has 1 N–H and O–H groups in total. The molecule has 0 amide bonds. The fraction of sp³-hybridized carbons (Fsp3) is 0.167. The molecular formula is C24H20N2OS. The van der Waals surface area contributed by atoms with Crippen LogP contribution in [0.5, 0.6) is 0 Å². The maximum atomic E-state index is 12.3. The van der Waals surface area contributed by atoms with Gasteiger partial charge >= 0.3 is 0 Å². The van der Waals surface area contributed by atoms with E-state index in [2.05, 4.69) is 40.6 Å². The number of carbonyl (C=O) groups excluding carboxylic acids is 1. The Balaban J connectivity index is 1.31. The second-order valence-corrected chi connectivity index (χ2v) is 8.29. The van der Waals surface area contributed by atoms with E-state index in [1.54, 1.807) is 11.3 Å². The zero-order chi connectivity index (χ0) is 18.9. The number of fused-ring (bicyclic) bond motifs is 1. The van der Waals surface area contributed by atoms with Crippen molar-refractivity contribution in [1.82, 2.24) is 4.98 Å². The number of nitrogens with one attached hydrogen (secondary N) is 1. The van der Waals surface area contributed by atoms with Gasteiger partial charge in [-0.25, -0.2) is 4.98 Å². The van der Waals surface area contributed by atoms with Crippen LogP contribution in [-0.4, -0.2) is 10.8 Å². The van der Waals surface area contributed by atoms with Gasteiger partial charge in [0.25, 0.3) is 0 Å². The van der Waals surface area contributed by atoms with Crippen molar-refractivity contribution in [2.75, 3.05) is 5.32 Å². The maximum Gasteiger partial charge on any atom is 0.188 e. The van der Waals surface area contributed by atoms with Crippen LogP contribution in [0, 0.1) is 5.92 Å². The van der Waals surface area contributed by atoms with Crippen LogP contribution in [0.25, 0.3) is 21.3 Å². The van der Waals surface area contributed by atoms with Crippen LogP contribution >= 0.6 is 11.3 Å². The monoisotopic (exact) mass is 384 g/mol. The quantitative estimate of drug-likeness (QED) is 0.390. The van der Waals surface area contributed by atoms with Gasteiger partial charge in [-0.15, -0.1) is 0 Å². The van der Waals surface area contributed by atoms with Gasteiger partial charge in [-0.1, -0.05) is 66.3 Å². The molecule has 1 aromatic heterocycles. The maximum absolute atomic E-state index is 12.3. The van der Waals surface area contributed by atoms with Crippen molar-refractivity contribution >= 4 is 38.2 Å². The average molecular weight is 385 g/mol. The molecule has 0 atom stereocenters. The summed E-state index contributed by atoms with van der Waals surface area (Å²) in [6.45, 7) is 0. The molecule has 0 saturated heterocycles. The van der Waals surface area contributed by atoms with Crippen molar-refractivity contribution in [3.05, 3.63) is 78.4 Å². The largest absolute Gasteiger partial charge is 0.332 e. The van der Waals surface area contributed by atoms with E-state index in [1.165, 1.54) is 11.1 Å². The Bertz CT molecular complexity index is 1090. The van der Waals surface area contributed by atoms with Crippen molar-refractivity contribution in [2.24, 2.45) is 5.92 Å². The molecular weight excluding hydrogens is 364 g/mol. The van der Waals surface area contributed by atoms with E-state index in [0.717, 1.165) is 45.9 Å². The lowest BCUT2D eigenvalue weighted by atomic mass is 9.80. The van der Waals surface area contributed by atoms with Crippen LogP contribution in [0.2, 0.25) is 0 Å². The first-order valence-corrected chi connectivity index (χ1v) is 10.5. The van der Waals surface area contributed by atoms with E-state index in [0.29, 0.717) is 5.78 Å². The van der Waals surface area contributed by atoms with Gasteiger partial charge in [0.1, 0.15) is 0 Å². The number of ketones is 1. The van der Waals surface area contributed by atoms with Crippen LogP contribution in [0.1, 0.15) is 29.6 Å². The second-order valence-electron chi connectivity index (χ2n) is 7.26. The molecule has 3 aromatic carbocycles. The topological polar surface area (TPSA) is 42.0 Å². The van der Waals surface area contributed by atoms with Crippen LogP contribution in [0.4, 0.5) is 10.8 Å². The number of anilines is 2. The van der Waals surface area contributed by atoms with E-state index >= 15 is 0 Å². The van der Waals surface area contributed by atoms with Gasteiger partial charge in [-0.3, -0.25) is 4.79 Å². The highest BCUT2D eigenvalue weighted by Gasteiger charge is 2.25. The van der Waals surface area contributed by atoms with E-state index in [9.17, 15) is 4.79 Å². The summed E-state index contributed by atoms with van der Waals surface area (Å²) in [4.78, 5) is 17.0. The summed E-state index contributed by atoms with van der Waals surface area (Å²) in [6, 6.07) is 24.5. The molecule has 0 spiro atoms. The first-order chi connectivity index (χ1) is 13.8. The van der Waals surface area contributed by atoms with E-state index < -0.39 is 0 Å². The molecule has 3 nitrogen and oxygen atoms in total. The number of hydrogen-bond donors (Lipinski definition) is 1. The Hall–Kier alpha value is -2.98. The summed E-state index contributed by atoms with van der Waals surface area (Å²) < 4.78 is 1.18. The third-order valence-electron chi connectivity index (χ3n) is 5.41. The van der Waals surface area contributed by atoms with Crippen molar-refractivity contribution in [2.45, 2.75) is 19.3 Å². The highest BCUT2D eigenvalue weighted by molar-refractivity contribution is 7.22. The molecule has 1 heterocycles. The Labute approximate surface area is 168 Å². The number of hydrogen-bond acceptors (Lipinski definition) is 4. The number of para-hydroxylation sites is 1. The second kappa shape index (κ2) is 7.21. The molecule has 1 aliphatic carbocycles. The first kappa shape index (κ1) is 17.1. The summed E-state index contributed by atoms with van der Waals surface area (Å²) in [5.74, 6) is 0.548. The summed E-state index contributed by atoms with van der Waals surface area (Å²) in [7, 11) is 0. The number of benzene rings is 3. The highest BCUT2D eigenvalue weighted by Crippen LogP contribution is 2.31. The number of aromatic nitrogens is 1. The number of Topliss-reactive ketones (excluding diaryl/α,β-unsaturated/α-hetero) is 1. The standard InChI is InChI=1S/C24H20N2OS/c27-23(18-4-3-5-18)19-10-8-16(9-11-19)17-12-14-20(15-13-17)25-24-26-21-6-1-2-7-22(21)28-24/h1-2,6-15,18H,3-5H2,(H,25,26). The Morgan fingerprint density at radius 3 is 2.21 bits per heavy atom. The summed E-state index contributed by atoms with van der Waals surface area (Å²) in [5.41, 5.74) is 5.12. The smallest absolute Gasteiger partial charge is 0.188 e. The third kappa shape index (κ3) is 3.32. The zero-order valence-electron chi connectivity index (χ0n) is 15.4. The van der Waals surface area contributed by atoms with Crippen LogP contribution in [0.15, 0.2) is 72.8 Å². The molecule has 1 saturated carbocycles. The number of thiazole rings is 1. The molecule has 4 heteroatoms. The van der Waals surface area contributed by atoms with Gasteiger partial charge in [0, 0.05) is 17.2 Å². The lowest BCUT2D eigenvalue weighted by Gasteiger charge is -2.23. The predicted octanol–water partition coefficient (Wildman–Crippen LogP) is 6.69. The minimum atomic E-state index is 0.249. The highest BCUT2D eigenvalue weighted by atomic mass is 32.1. The van der Waals surface area contributed by atoms with Gasteiger partial charge in [0.2, 0.25) is 0 Å². The summed E-state index contributed by atoms with van der Waals surface area (Å²) in [6.07, 6.45) is 3.28. The molecule has 0 aliphatic heterocycles. The average Bonchev–Trinajstić information content (AvgIpc) is 3.10. The number of nitrogens with zero attached hydrogens (tertiary/aromatic N) is 1. The van der Waals surface area contributed by atoms with Gasteiger partial charge in [-0.2, -0.15) is 0 Å². The third-order valence-corrected chi connectivity index (χ3v) is 6.36. The van der Waals surface area contributed by atoms with Crippen molar-refractivity contribution in [3.63, 3.8) is 0 Å². The van der Waals surface area contributed by atoms with E-state index in [1.807, 2.05) is 42.5 Å². The van der Waals surface area contributed by atoms with E-state index in [4.69, 9.17) is 0 Å². The van der Waals surface area contributed by atoms with Gasteiger partial charge < -0.3 is 5.32 Å². The Kier molecular flexibility index (Phi) is 4.41. The summed E-state index contributed by atoms with van der Waals surface area (Å²) in [5, 5.41) is 4.28. The minimum Gasteiger partial charge on any atom is -0.332 e. The van der Waals surface area contributed by atoms with Crippen LogP contribution < -0.4 is 5.32 Å². The lowest BCUT2D eigenvalue weighted by Crippen LogP contribution is -2.21. The Morgan fingerprint density at radius 2 is 1.57 bits per heavy atom. The molecule has 0 unspecified atom stereocenters. The summed E-state index contributed by atoms with van der Waals surface area (Å²) >= 11 is 1.65. The fourth-order valence-electron chi connectivity index (χ4n) is 3.53. The molecule has 0 bridgehead atoms. The van der Waals surface area contributed by atoms with Crippen molar-refractivity contribution in [1.29, 1.82) is 0 Å². The van der Waals surface area contributed by atoms with E-state index in [-0.39, 0.29) is 5.92 Å². The molecule has 138 valence electrons. The van der Waals surface area contributed by atoms with Crippen molar-refractivity contribution < 1.29 is 4.79 Å². The lowest BCUT2D eigenvalue weighted by molar-refractivity contribution is 0.0855. The zero-order valence-corrected chi connectivity index (χ0v) is 16.2. The van der Waals surface area contributed by atoms with Gasteiger partial charge in [0.05, 0.1) is 10.2 Å². The normalized spacial score (nSPS) is 14.0. The fourth-order valence-corrected chi connectivity index (χ4v) is 4.41. The SMILES string of the molecule is O=C(c1ccc(-c2ccc(Nc3nc4ccccc4s3)cc2)cc1)C1CCC1. The molecule has 1 aliphatic rings. The Morgan fingerprint density at radius 1 is 0.893 bits per heavy atom. The molecule has 1 fully saturated rings. The van der Waals surface area contributed by atoms with Crippen LogP contribution in [-0.2, 0) is 0 Å². The predicted molar refractivity (Wildman–Crippen MR) is 116 cm³/mol.